The van der Waals surface area contributed by atoms with Gasteiger partial charge in [-0.25, -0.2) is 4.98 Å². The Labute approximate surface area is 171 Å². The van der Waals surface area contributed by atoms with Crippen LogP contribution in [0.3, 0.4) is 0 Å². The van der Waals surface area contributed by atoms with Gasteiger partial charge in [0.15, 0.2) is 5.76 Å². The van der Waals surface area contributed by atoms with Crippen LogP contribution < -0.4 is 4.90 Å². The Balaban J connectivity index is 1.41. The van der Waals surface area contributed by atoms with E-state index < -0.39 is 0 Å². The molecule has 2 fully saturated rings. The van der Waals surface area contributed by atoms with E-state index in [1.54, 1.807) is 29.3 Å². The van der Waals surface area contributed by atoms with Crippen LogP contribution in [0.5, 0.6) is 0 Å². The molecule has 29 heavy (non-hydrogen) atoms. The highest BCUT2D eigenvalue weighted by atomic mass is 16.3. The van der Waals surface area contributed by atoms with Gasteiger partial charge in [-0.2, -0.15) is 0 Å². The molecule has 2 aromatic rings. The molecule has 0 aromatic carbocycles. The highest BCUT2D eigenvalue weighted by Crippen LogP contribution is 2.26. The molecule has 154 valence electrons. The van der Waals surface area contributed by atoms with Crippen LogP contribution in [0, 0.1) is 0 Å². The zero-order valence-electron chi connectivity index (χ0n) is 16.9. The predicted octanol–water partition coefficient (Wildman–Crippen LogP) is 3.04. The van der Waals surface area contributed by atoms with Crippen molar-refractivity contribution in [2.24, 2.45) is 0 Å². The van der Waals surface area contributed by atoms with Crippen LogP contribution in [-0.2, 0) is 0 Å². The Bertz CT molecular complexity index is 844. The molecule has 2 aliphatic rings. The van der Waals surface area contributed by atoms with Crippen molar-refractivity contribution in [2.45, 2.75) is 38.6 Å². The van der Waals surface area contributed by atoms with E-state index in [4.69, 9.17) is 4.42 Å². The summed E-state index contributed by atoms with van der Waals surface area (Å²) in [6, 6.07) is 7.59. The van der Waals surface area contributed by atoms with E-state index in [1.165, 1.54) is 25.5 Å². The number of anilines is 1. The molecule has 0 aliphatic carbocycles. The van der Waals surface area contributed by atoms with E-state index in [2.05, 4.69) is 16.8 Å². The molecule has 0 spiro atoms. The Hall–Kier alpha value is -2.83. The number of hydrogen-bond donors (Lipinski definition) is 0. The third kappa shape index (κ3) is 4.13. The summed E-state index contributed by atoms with van der Waals surface area (Å²) in [7, 11) is 0. The SMILES string of the molecule is CCC1CCCCN1c1cc(C(=O)N2CCN(C(=O)c3ccco3)CC2)ccn1. The molecule has 2 saturated heterocycles. The van der Waals surface area contributed by atoms with Crippen LogP contribution in [0.2, 0.25) is 0 Å². The largest absolute Gasteiger partial charge is 0.459 e. The lowest BCUT2D eigenvalue weighted by molar-refractivity contribution is 0.0518. The van der Waals surface area contributed by atoms with Crippen LogP contribution in [-0.4, -0.2) is 65.4 Å². The molecular formula is C22H28N4O3. The first-order chi connectivity index (χ1) is 14.2. The average Bonchev–Trinajstić information content (AvgIpc) is 3.33. The number of hydrogen-bond acceptors (Lipinski definition) is 5. The predicted molar refractivity (Wildman–Crippen MR) is 110 cm³/mol. The first kappa shape index (κ1) is 19.5. The van der Waals surface area contributed by atoms with Crippen LogP contribution in [0.4, 0.5) is 5.82 Å². The second kappa shape index (κ2) is 8.68. The van der Waals surface area contributed by atoms with Crippen LogP contribution in [0.15, 0.2) is 41.1 Å². The molecule has 7 heteroatoms. The Morgan fingerprint density at radius 1 is 1.07 bits per heavy atom. The van der Waals surface area contributed by atoms with Crippen molar-refractivity contribution in [3.05, 3.63) is 48.0 Å². The summed E-state index contributed by atoms with van der Waals surface area (Å²) in [6.07, 6.45) is 7.93. The maximum atomic E-state index is 13.0. The van der Waals surface area contributed by atoms with Crippen LogP contribution in [0.1, 0.15) is 53.5 Å². The van der Waals surface area contributed by atoms with E-state index in [0.29, 0.717) is 43.5 Å². The molecule has 2 amide bonds. The minimum atomic E-state index is -0.121. The average molecular weight is 396 g/mol. The lowest BCUT2D eigenvalue weighted by Crippen LogP contribution is -2.50. The van der Waals surface area contributed by atoms with E-state index >= 15 is 0 Å². The second-order valence-electron chi connectivity index (χ2n) is 7.72. The quantitative estimate of drug-likeness (QED) is 0.794. The van der Waals surface area contributed by atoms with Gasteiger partial charge in [-0.3, -0.25) is 9.59 Å². The molecule has 1 unspecified atom stereocenters. The van der Waals surface area contributed by atoms with Crippen LogP contribution in [0.25, 0.3) is 0 Å². The maximum absolute atomic E-state index is 13.0. The normalized spacial score (nSPS) is 20.0. The number of pyridine rings is 1. The number of carbonyl (C=O) groups is 2. The number of piperazine rings is 1. The summed E-state index contributed by atoms with van der Waals surface area (Å²) in [5, 5.41) is 0. The van der Waals surface area contributed by atoms with Crippen molar-refractivity contribution < 1.29 is 14.0 Å². The molecule has 1 atom stereocenters. The van der Waals surface area contributed by atoms with Gasteiger partial charge >= 0.3 is 0 Å². The minimum Gasteiger partial charge on any atom is -0.459 e. The van der Waals surface area contributed by atoms with Gasteiger partial charge in [0.25, 0.3) is 11.8 Å². The van der Waals surface area contributed by atoms with Gasteiger partial charge in [-0.1, -0.05) is 6.92 Å². The summed E-state index contributed by atoms with van der Waals surface area (Å²) in [4.78, 5) is 35.9. The fourth-order valence-electron chi connectivity index (χ4n) is 4.29. The standard InChI is InChI=1S/C22H28N4O3/c1-2-18-6-3-4-10-26(18)20-16-17(8-9-23-20)21(27)24-11-13-25(14-12-24)22(28)19-7-5-15-29-19/h5,7-9,15-16,18H,2-4,6,10-14H2,1H3. The van der Waals surface area contributed by atoms with Gasteiger partial charge in [-0.05, 0) is 49.9 Å². The van der Waals surface area contributed by atoms with Gasteiger partial charge in [0, 0.05) is 50.5 Å². The van der Waals surface area contributed by atoms with Crippen molar-refractivity contribution in [1.82, 2.24) is 14.8 Å². The molecule has 2 aromatic heterocycles. The number of piperidine rings is 1. The summed E-state index contributed by atoms with van der Waals surface area (Å²) < 4.78 is 5.20. The summed E-state index contributed by atoms with van der Waals surface area (Å²) in [5.74, 6) is 1.12. The number of carbonyl (C=O) groups excluding carboxylic acids is 2. The molecule has 7 nitrogen and oxygen atoms in total. The van der Waals surface area contributed by atoms with Gasteiger partial charge in [0.1, 0.15) is 5.82 Å². The van der Waals surface area contributed by atoms with Gasteiger partial charge < -0.3 is 19.1 Å². The van der Waals surface area contributed by atoms with Crippen molar-refractivity contribution in [1.29, 1.82) is 0 Å². The lowest BCUT2D eigenvalue weighted by Gasteiger charge is -2.37. The summed E-state index contributed by atoms with van der Waals surface area (Å²) in [6.45, 7) is 5.26. The number of amides is 2. The zero-order chi connectivity index (χ0) is 20.2. The van der Waals surface area contributed by atoms with Crippen molar-refractivity contribution in [3.8, 4) is 0 Å². The smallest absolute Gasteiger partial charge is 0.289 e. The Morgan fingerprint density at radius 2 is 1.83 bits per heavy atom. The first-order valence-corrected chi connectivity index (χ1v) is 10.5. The Morgan fingerprint density at radius 3 is 2.52 bits per heavy atom. The topological polar surface area (TPSA) is 69.9 Å². The molecule has 4 rings (SSSR count). The maximum Gasteiger partial charge on any atom is 0.289 e. The van der Waals surface area contributed by atoms with E-state index in [-0.39, 0.29) is 11.8 Å². The fourth-order valence-corrected chi connectivity index (χ4v) is 4.29. The third-order valence-electron chi connectivity index (χ3n) is 5.97. The van der Waals surface area contributed by atoms with E-state index in [1.807, 2.05) is 11.0 Å². The van der Waals surface area contributed by atoms with Crippen LogP contribution >= 0.6 is 0 Å². The van der Waals surface area contributed by atoms with Crippen molar-refractivity contribution in [3.63, 3.8) is 0 Å². The highest BCUT2D eigenvalue weighted by Gasteiger charge is 2.28. The zero-order valence-corrected chi connectivity index (χ0v) is 16.9. The van der Waals surface area contributed by atoms with Gasteiger partial charge in [0.05, 0.1) is 6.26 Å². The minimum absolute atomic E-state index is 0.00352. The number of rotatable bonds is 4. The van der Waals surface area contributed by atoms with Crippen molar-refractivity contribution >= 4 is 17.6 Å². The fraction of sp³-hybridized carbons (Fsp3) is 0.500. The Kier molecular flexibility index (Phi) is 5.83. The molecule has 0 radical (unpaired) electrons. The summed E-state index contributed by atoms with van der Waals surface area (Å²) >= 11 is 0. The molecule has 0 saturated carbocycles. The number of furan rings is 1. The van der Waals surface area contributed by atoms with Gasteiger partial charge in [0.2, 0.25) is 0 Å². The second-order valence-corrected chi connectivity index (χ2v) is 7.72. The van der Waals surface area contributed by atoms with E-state index in [0.717, 1.165) is 18.8 Å². The molecular weight excluding hydrogens is 368 g/mol. The third-order valence-corrected chi connectivity index (χ3v) is 5.97. The number of aromatic nitrogens is 1. The van der Waals surface area contributed by atoms with Crippen molar-refractivity contribution in [2.75, 3.05) is 37.6 Å². The molecule has 4 heterocycles. The number of nitrogens with zero attached hydrogens (tertiary/aromatic N) is 4. The molecule has 0 bridgehead atoms. The summed E-state index contributed by atoms with van der Waals surface area (Å²) in [5.41, 5.74) is 0.668. The molecule has 2 aliphatic heterocycles. The highest BCUT2D eigenvalue weighted by molar-refractivity contribution is 5.95. The van der Waals surface area contributed by atoms with E-state index in [9.17, 15) is 9.59 Å². The lowest BCUT2D eigenvalue weighted by atomic mass is 10.00. The molecule has 0 N–H and O–H groups in total. The monoisotopic (exact) mass is 396 g/mol. The van der Waals surface area contributed by atoms with Gasteiger partial charge in [-0.15, -0.1) is 0 Å². The first-order valence-electron chi connectivity index (χ1n) is 10.5.